The lowest BCUT2D eigenvalue weighted by atomic mass is 10.3. The van der Waals surface area contributed by atoms with Crippen LogP contribution in [0.25, 0.3) is 0 Å². The standard InChI is InChI=1S/C5H13N2.BF4/c1-7(2)5-3-4-6-7;2-1(3,4)5/h6H,3-5H2,1-2H3;/q+1;-1. The fraction of sp³-hybridized carbons (Fsp3) is 1.00. The molecule has 0 aliphatic carbocycles. The molecule has 1 aliphatic heterocycles. The van der Waals surface area contributed by atoms with Crippen molar-refractivity contribution in [3.63, 3.8) is 0 Å². The lowest BCUT2D eigenvalue weighted by Gasteiger charge is -2.20. The van der Waals surface area contributed by atoms with Crippen molar-refractivity contribution in [3.05, 3.63) is 0 Å². The highest BCUT2D eigenvalue weighted by molar-refractivity contribution is 6.50. The molecule has 0 unspecified atom stereocenters. The highest BCUT2D eigenvalue weighted by Crippen LogP contribution is 2.06. The molecule has 0 bridgehead atoms. The molecule has 0 aromatic heterocycles. The summed E-state index contributed by atoms with van der Waals surface area (Å²) in [6, 6.07) is 0. The van der Waals surface area contributed by atoms with Crippen molar-refractivity contribution >= 4 is 7.25 Å². The van der Waals surface area contributed by atoms with E-state index in [2.05, 4.69) is 19.5 Å². The van der Waals surface area contributed by atoms with Gasteiger partial charge in [-0.1, -0.05) is 0 Å². The van der Waals surface area contributed by atoms with Gasteiger partial charge in [0.2, 0.25) is 0 Å². The summed E-state index contributed by atoms with van der Waals surface area (Å²) in [6.45, 7) is 2.47. The predicted octanol–water partition coefficient (Wildman–Crippen LogP) is 1.27. The van der Waals surface area contributed by atoms with Crippen molar-refractivity contribution in [2.75, 3.05) is 27.2 Å². The summed E-state index contributed by atoms with van der Waals surface area (Å²) in [5.74, 6) is 0. The van der Waals surface area contributed by atoms with E-state index in [-0.39, 0.29) is 0 Å². The van der Waals surface area contributed by atoms with Crippen LogP contribution in [0, 0.1) is 0 Å². The monoisotopic (exact) mass is 188 g/mol. The third kappa shape index (κ3) is 9.70. The van der Waals surface area contributed by atoms with E-state index in [0.29, 0.717) is 0 Å². The zero-order chi connectivity index (χ0) is 9.83. The van der Waals surface area contributed by atoms with E-state index in [4.69, 9.17) is 0 Å². The minimum absolute atomic E-state index is 1.00. The first-order chi connectivity index (χ1) is 5.21. The van der Waals surface area contributed by atoms with Gasteiger partial charge in [-0.2, -0.15) is 5.43 Å². The Balaban J connectivity index is 0.000000217. The zero-order valence-corrected chi connectivity index (χ0v) is 7.16. The zero-order valence-electron chi connectivity index (χ0n) is 7.16. The van der Waals surface area contributed by atoms with Crippen LogP contribution < -0.4 is 5.43 Å². The molecule has 0 atom stereocenters. The van der Waals surface area contributed by atoms with Crippen LogP contribution in [0.5, 0.6) is 0 Å². The second-order valence-corrected chi connectivity index (χ2v) is 3.17. The van der Waals surface area contributed by atoms with E-state index in [9.17, 15) is 17.3 Å². The van der Waals surface area contributed by atoms with E-state index >= 15 is 0 Å². The van der Waals surface area contributed by atoms with Gasteiger partial charge in [0, 0.05) is 13.0 Å². The molecule has 2 nitrogen and oxygen atoms in total. The average molecular weight is 188 g/mol. The van der Waals surface area contributed by atoms with Crippen LogP contribution in [0.2, 0.25) is 0 Å². The van der Waals surface area contributed by atoms with Gasteiger partial charge in [-0.05, 0) is 0 Å². The Morgan fingerprint density at radius 1 is 1.17 bits per heavy atom. The Morgan fingerprint density at radius 3 is 1.67 bits per heavy atom. The first-order valence-corrected chi connectivity index (χ1v) is 3.66. The van der Waals surface area contributed by atoms with Crippen LogP contribution in [0.1, 0.15) is 6.42 Å². The van der Waals surface area contributed by atoms with Crippen molar-refractivity contribution in [1.29, 1.82) is 0 Å². The Bertz CT molecular complexity index is 122. The van der Waals surface area contributed by atoms with Gasteiger partial charge in [0.05, 0.1) is 20.6 Å². The average Bonchev–Trinajstić information content (AvgIpc) is 2.08. The Hall–Kier alpha value is -0.295. The molecule has 12 heavy (non-hydrogen) atoms. The summed E-state index contributed by atoms with van der Waals surface area (Å²) < 4.78 is 40.0. The summed E-state index contributed by atoms with van der Waals surface area (Å²) in [5.41, 5.74) is 3.33. The number of nitrogens with one attached hydrogen (secondary N) is 1. The maximum atomic E-state index is 9.75. The number of quaternary nitrogens is 1. The number of halogens is 4. The van der Waals surface area contributed by atoms with Gasteiger partial charge in [-0.3, -0.25) is 4.59 Å². The summed E-state index contributed by atoms with van der Waals surface area (Å²) in [4.78, 5) is 0. The third-order valence-electron chi connectivity index (χ3n) is 1.43. The molecule has 1 rings (SSSR count). The van der Waals surface area contributed by atoms with Gasteiger partial charge in [-0.15, -0.1) is 0 Å². The van der Waals surface area contributed by atoms with E-state index in [1.165, 1.54) is 19.5 Å². The quantitative estimate of drug-likeness (QED) is 0.343. The Labute approximate surface area is 69.2 Å². The van der Waals surface area contributed by atoms with Crippen LogP contribution in [0.3, 0.4) is 0 Å². The largest absolute Gasteiger partial charge is 0.673 e. The van der Waals surface area contributed by atoms with Gasteiger partial charge >= 0.3 is 7.25 Å². The van der Waals surface area contributed by atoms with Gasteiger partial charge in [-0.25, -0.2) is 0 Å². The normalized spacial score (nSPS) is 21.5. The topological polar surface area (TPSA) is 12.0 Å². The molecule has 1 N–H and O–H groups in total. The van der Waals surface area contributed by atoms with Gasteiger partial charge in [0.1, 0.15) is 0 Å². The first-order valence-electron chi connectivity index (χ1n) is 3.66. The molecular formula is C5H13BF4N2. The highest BCUT2D eigenvalue weighted by Gasteiger charge is 2.20. The van der Waals surface area contributed by atoms with Crippen LogP contribution >= 0.6 is 0 Å². The molecular weight excluding hydrogens is 175 g/mol. The molecule has 7 heteroatoms. The number of nitrogens with zero attached hydrogens (tertiary/aromatic N) is 1. The van der Waals surface area contributed by atoms with Gasteiger partial charge < -0.3 is 17.3 Å². The summed E-state index contributed by atoms with van der Waals surface area (Å²) >= 11 is 0. The van der Waals surface area contributed by atoms with E-state index < -0.39 is 7.25 Å². The van der Waals surface area contributed by atoms with Crippen LogP contribution in [0.15, 0.2) is 0 Å². The molecule has 0 radical (unpaired) electrons. The summed E-state index contributed by atoms with van der Waals surface area (Å²) in [5, 5.41) is 0. The maximum Gasteiger partial charge on any atom is 0.673 e. The summed E-state index contributed by atoms with van der Waals surface area (Å²) in [6.07, 6.45) is 1.33. The molecule has 0 aromatic carbocycles. The minimum atomic E-state index is -6.00. The molecule has 74 valence electrons. The van der Waals surface area contributed by atoms with Crippen molar-refractivity contribution in [1.82, 2.24) is 5.43 Å². The lowest BCUT2D eigenvalue weighted by molar-refractivity contribution is -0.920. The SMILES string of the molecule is C[N+]1(C)CCCN1.F[B-](F)(F)F. The summed E-state index contributed by atoms with van der Waals surface area (Å²) in [7, 11) is -1.62. The molecule has 0 saturated carbocycles. The lowest BCUT2D eigenvalue weighted by Crippen LogP contribution is -2.45. The van der Waals surface area contributed by atoms with Crippen LogP contribution in [-0.2, 0) is 0 Å². The highest BCUT2D eigenvalue weighted by atomic mass is 19.5. The van der Waals surface area contributed by atoms with Gasteiger partial charge in [0.15, 0.2) is 0 Å². The van der Waals surface area contributed by atoms with E-state index in [1.54, 1.807) is 0 Å². The van der Waals surface area contributed by atoms with E-state index in [1.807, 2.05) is 0 Å². The van der Waals surface area contributed by atoms with Crippen LogP contribution in [0.4, 0.5) is 17.3 Å². The predicted molar refractivity (Wildman–Crippen MR) is 39.8 cm³/mol. The minimum Gasteiger partial charge on any atom is -0.418 e. The molecule has 1 aliphatic rings. The third-order valence-corrected chi connectivity index (χ3v) is 1.43. The molecule has 0 spiro atoms. The Kier molecular flexibility index (Phi) is 3.99. The maximum absolute atomic E-state index is 9.75. The van der Waals surface area contributed by atoms with Crippen molar-refractivity contribution in [2.45, 2.75) is 6.42 Å². The molecule has 0 aromatic rings. The smallest absolute Gasteiger partial charge is 0.418 e. The fourth-order valence-electron chi connectivity index (χ4n) is 0.935. The van der Waals surface area contributed by atoms with Gasteiger partial charge in [0.25, 0.3) is 0 Å². The van der Waals surface area contributed by atoms with Crippen molar-refractivity contribution in [2.24, 2.45) is 0 Å². The second-order valence-electron chi connectivity index (χ2n) is 3.17. The first kappa shape index (κ1) is 11.7. The molecule has 1 fully saturated rings. The van der Waals surface area contributed by atoms with E-state index in [0.717, 1.165) is 4.59 Å². The van der Waals surface area contributed by atoms with Crippen LogP contribution in [-0.4, -0.2) is 39.0 Å². The molecule has 1 heterocycles. The number of hydrogen-bond donors (Lipinski definition) is 1. The van der Waals surface area contributed by atoms with Crippen molar-refractivity contribution in [3.8, 4) is 0 Å². The fourth-order valence-corrected chi connectivity index (χ4v) is 0.935. The number of rotatable bonds is 0. The number of hydrogen-bond acceptors (Lipinski definition) is 1. The van der Waals surface area contributed by atoms with Crippen molar-refractivity contribution < 1.29 is 21.9 Å². The molecule has 1 saturated heterocycles. The second kappa shape index (κ2) is 4.09. The molecule has 0 amide bonds. The Morgan fingerprint density at radius 2 is 1.58 bits per heavy atom.